The number of fused-ring (bicyclic) bond motifs is 1. The summed E-state index contributed by atoms with van der Waals surface area (Å²) in [5.74, 6) is 0. The van der Waals surface area contributed by atoms with E-state index >= 15 is 0 Å². The molecular weight excluding hydrogens is 230 g/mol. The Morgan fingerprint density at radius 3 is 2.63 bits per heavy atom. The summed E-state index contributed by atoms with van der Waals surface area (Å²) in [6.07, 6.45) is 3.30. The fourth-order valence-corrected chi connectivity index (χ4v) is 2.79. The fraction of sp³-hybridized carbons (Fsp3) is 0.278. The summed E-state index contributed by atoms with van der Waals surface area (Å²) >= 11 is 0. The van der Waals surface area contributed by atoms with Crippen LogP contribution in [0.5, 0.6) is 0 Å². The number of aryl methyl sites for hydroxylation is 1. The molecule has 19 heavy (non-hydrogen) atoms. The Hall–Kier alpha value is -1.89. The molecule has 0 saturated heterocycles. The van der Waals surface area contributed by atoms with Gasteiger partial charge in [0.15, 0.2) is 0 Å². The van der Waals surface area contributed by atoms with Crippen molar-refractivity contribution in [3.05, 3.63) is 70.8 Å². The van der Waals surface area contributed by atoms with Crippen molar-refractivity contribution >= 4 is 5.71 Å². The Balaban J connectivity index is 1.75. The molecule has 0 atom stereocenters. The maximum atomic E-state index is 4.80. The fourth-order valence-electron chi connectivity index (χ4n) is 2.79. The summed E-state index contributed by atoms with van der Waals surface area (Å²) in [5.41, 5.74) is 7.09. The first-order valence-corrected chi connectivity index (χ1v) is 6.96. The average Bonchev–Trinajstić information content (AvgIpc) is 2.46. The van der Waals surface area contributed by atoms with Crippen LogP contribution < -0.4 is 0 Å². The van der Waals surface area contributed by atoms with Crippen LogP contribution in [0.2, 0.25) is 0 Å². The van der Waals surface area contributed by atoms with Crippen LogP contribution in [0.25, 0.3) is 0 Å². The number of aliphatic imine (C=N–C) groups is 1. The first kappa shape index (κ1) is 12.2. The van der Waals surface area contributed by atoms with Crippen molar-refractivity contribution in [3.8, 4) is 0 Å². The molecule has 96 valence electrons. The maximum Gasteiger partial charge on any atom is 0.0639 e. The van der Waals surface area contributed by atoms with Crippen molar-refractivity contribution in [1.29, 1.82) is 0 Å². The molecule has 0 unspecified atom stereocenters. The SMILES string of the molecule is Cc1cccc2c1CCC(=NCc1ccccc1)C2. The van der Waals surface area contributed by atoms with Gasteiger partial charge in [-0.25, -0.2) is 0 Å². The smallest absolute Gasteiger partial charge is 0.0639 e. The molecule has 0 N–H and O–H groups in total. The normalized spacial score (nSPS) is 16.4. The number of hydrogen-bond acceptors (Lipinski definition) is 1. The summed E-state index contributed by atoms with van der Waals surface area (Å²) in [6.45, 7) is 3.03. The predicted molar refractivity (Wildman–Crippen MR) is 80.8 cm³/mol. The molecular formula is C18H19N. The molecule has 0 fully saturated rings. The number of hydrogen-bond donors (Lipinski definition) is 0. The van der Waals surface area contributed by atoms with Crippen LogP contribution in [-0.4, -0.2) is 5.71 Å². The third kappa shape index (κ3) is 2.76. The molecule has 0 aliphatic heterocycles. The van der Waals surface area contributed by atoms with Crippen LogP contribution in [-0.2, 0) is 19.4 Å². The van der Waals surface area contributed by atoms with Crippen molar-refractivity contribution in [2.75, 3.05) is 0 Å². The maximum absolute atomic E-state index is 4.80. The third-order valence-electron chi connectivity index (χ3n) is 3.89. The van der Waals surface area contributed by atoms with Gasteiger partial charge in [0, 0.05) is 12.1 Å². The zero-order valence-corrected chi connectivity index (χ0v) is 11.4. The molecule has 0 amide bonds. The minimum Gasteiger partial charge on any atom is -0.289 e. The summed E-state index contributed by atoms with van der Waals surface area (Å²) in [4.78, 5) is 4.80. The van der Waals surface area contributed by atoms with Gasteiger partial charge in [-0.05, 0) is 42.0 Å². The quantitative estimate of drug-likeness (QED) is 0.759. The van der Waals surface area contributed by atoms with Crippen LogP contribution in [0.4, 0.5) is 0 Å². The lowest BCUT2D eigenvalue weighted by atomic mass is 9.87. The van der Waals surface area contributed by atoms with E-state index in [0.29, 0.717) is 0 Å². The van der Waals surface area contributed by atoms with Gasteiger partial charge in [0.05, 0.1) is 6.54 Å². The van der Waals surface area contributed by atoms with Crippen molar-refractivity contribution in [3.63, 3.8) is 0 Å². The van der Waals surface area contributed by atoms with Crippen molar-refractivity contribution < 1.29 is 0 Å². The van der Waals surface area contributed by atoms with Crippen molar-refractivity contribution in [1.82, 2.24) is 0 Å². The first-order chi connectivity index (χ1) is 9.33. The van der Waals surface area contributed by atoms with Crippen LogP contribution in [0.15, 0.2) is 53.5 Å². The van der Waals surface area contributed by atoms with Crippen LogP contribution in [0.3, 0.4) is 0 Å². The Morgan fingerprint density at radius 1 is 0.947 bits per heavy atom. The molecule has 0 heterocycles. The molecule has 2 aromatic rings. The van der Waals surface area contributed by atoms with E-state index in [1.807, 2.05) is 0 Å². The minimum absolute atomic E-state index is 0.817. The lowest BCUT2D eigenvalue weighted by Crippen LogP contribution is -2.15. The molecule has 1 aliphatic carbocycles. The second-order valence-corrected chi connectivity index (χ2v) is 5.26. The van der Waals surface area contributed by atoms with Crippen molar-refractivity contribution in [2.45, 2.75) is 32.7 Å². The second kappa shape index (κ2) is 5.40. The van der Waals surface area contributed by atoms with Gasteiger partial charge in [0.25, 0.3) is 0 Å². The molecule has 2 aromatic carbocycles. The van der Waals surface area contributed by atoms with Gasteiger partial charge in [-0.1, -0.05) is 48.5 Å². The highest BCUT2D eigenvalue weighted by molar-refractivity contribution is 5.88. The lowest BCUT2D eigenvalue weighted by Gasteiger charge is -2.19. The third-order valence-corrected chi connectivity index (χ3v) is 3.89. The summed E-state index contributed by atoms with van der Waals surface area (Å²) in [6, 6.07) is 17.1. The Morgan fingerprint density at radius 2 is 1.79 bits per heavy atom. The van der Waals surface area contributed by atoms with E-state index in [1.165, 1.54) is 22.4 Å². The van der Waals surface area contributed by atoms with Gasteiger partial charge in [-0.3, -0.25) is 4.99 Å². The highest BCUT2D eigenvalue weighted by Crippen LogP contribution is 2.23. The van der Waals surface area contributed by atoms with E-state index in [4.69, 9.17) is 4.99 Å². The van der Waals surface area contributed by atoms with Crippen LogP contribution in [0.1, 0.15) is 28.7 Å². The molecule has 0 spiro atoms. The predicted octanol–water partition coefficient (Wildman–Crippen LogP) is 4.12. The van der Waals surface area contributed by atoms with Crippen LogP contribution in [0, 0.1) is 6.92 Å². The Bertz CT molecular complexity index is 596. The molecule has 1 heteroatoms. The van der Waals surface area contributed by atoms with E-state index in [-0.39, 0.29) is 0 Å². The van der Waals surface area contributed by atoms with Gasteiger partial charge >= 0.3 is 0 Å². The van der Waals surface area contributed by atoms with Gasteiger partial charge in [0.1, 0.15) is 0 Å². The summed E-state index contributed by atoms with van der Waals surface area (Å²) in [7, 11) is 0. The highest BCUT2D eigenvalue weighted by Gasteiger charge is 2.15. The molecule has 0 radical (unpaired) electrons. The Kier molecular flexibility index (Phi) is 3.45. The lowest BCUT2D eigenvalue weighted by molar-refractivity contribution is 0.910. The van der Waals surface area contributed by atoms with Crippen LogP contribution >= 0.6 is 0 Å². The van der Waals surface area contributed by atoms with Gasteiger partial charge in [-0.2, -0.15) is 0 Å². The zero-order valence-electron chi connectivity index (χ0n) is 11.4. The van der Waals surface area contributed by atoms with Gasteiger partial charge < -0.3 is 0 Å². The monoisotopic (exact) mass is 249 g/mol. The molecule has 1 aliphatic rings. The number of nitrogens with zero attached hydrogens (tertiary/aromatic N) is 1. The molecule has 1 nitrogen and oxygen atoms in total. The van der Waals surface area contributed by atoms with E-state index in [2.05, 4.69) is 55.5 Å². The van der Waals surface area contributed by atoms with E-state index in [0.717, 1.165) is 25.8 Å². The second-order valence-electron chi connectivity index (χ2n) is 5.26. The summed E-state index contributed by atoms with van der Waals surface area (Å²) in [5, 5.41) is 0. The van der Waals surface area contributed by atoms with E-state index in [9.17, 15) is 0 Å². The molecule has 0 saturated carbocycles. The summed E-state index contributed by atoms with van der Waals surface area (Å²) < 4.78 is 0. The van der Waals surface area contributed by atoms with Gasteiger partial charge in [-0.15, -0.1) is 0 Å². The van der Waals surface area contributed by atoms with Crippen molar-refractivity contribution in [2.24, 2.45) is 4.99 Å². The zero-order chi connectivity index (χ0) is 13.1. The molecule has 3 rings (SSSR count). The number of rotatable bonds is 2. The largest absolute Gasteiger partial charge is 0.289 e. The van der Waals surface area contributed by atoms with E-state index in [1.54, 1.807) is 5.56 Å². The van der Waals surface area contributed by atoms with Gasteiger partial charge in [0.2, 0.25) is 0 Å². The topological polar surface area (TPSA) is 12.4 Å². The molecule has 0 bridgehead atoms. The minimum atomic E-state index is 0.817. The first-order valence-electron chi connectivity index (χ1n) is 6.96. The van der Waals surface area contributed by atoms with E-state index < -0.39 is 0 Å². The Labute approximate surface area is 115 Å². The molecule has 0 aromatic heterocycles. The standard InChI is InChI=1S/C18H19N/c1-14-6-5-9-16-12-17(10-11-18(14)16)19-13-15-7-3-2-4-8-15/h2-9H,10-13H2,1H3. The average molecular weight is 249 g/mol. The highest BCUT2D eigenvalue weighted by atomic mass is 14.7. The number of benzene rings is 2.